The lowest BCUT2D eigenvalue weighted by Crippen LogP contribution is -2.33. The number of nitrogens with zero attached hydrogens (tertiary/aromatic N) is 1. The van der Waals surface area contributed by atoms with Crippen molar-refractivity contribution in [3.05, 3.63) is 35.4 Å². The van der Waals surface area contributed by atoms with Gasteiger partial charge in [0, 0.05) is 18.1 Å². The molecule has 1 aliphatic heterocycles. The first-order valence-corrected chi connectivity index (χ1v) is 11.5. The summed E-state index contributed by atoms with van der Waals surface area (Å²) >= 11 is 3.39. The first-order chi connectivity index (χ1) is 13.2. The number of amides is 1. The second-order valence-corrected chi connectivity index (χ2v) is 9.13. The van der Waals surface area contributed by atoms with E-state index in [1.807, 2.05) is 18.2 Å². The van der Waals surface area contributed by atoms with Gasteiger partial charge in [0.2, 0.25) is 0 Å². The van der Waals surface area contributed by atoms with Crippen LogP contribution in [-0.2, 0) is 15.3 Å². The van der Waals surface area contributed by atoms with Crippen LogP contribution >= 0.6 is 23.5 Å². The van der Waals surface area contributed by atoms with E-state index in [-0.39, 0.29) is 12.5 Å². The number of nitrogens with one attached hydrogen (secondary N) is 1. The standard InChI is InChI=1S/C20H26N2O3S2/c23-18(22-12-15-6-2-1-3-7-15)13-25-19(24)17-9-5-4-8-16(17)14-27-20-21-10-11-26-20/h4-5,8-9,15H,1-3,6-7,10-14H2,(H,22,23). The summed E-state index contributed by atoms with van der Waals surface area (Å²) in [5.74, 6) is 1.59. The van der Waals surface area contributed by atoms with Crippen LogP contribution in [0.4, 0.5) is 0 Å². The molecule has 1 aliphatic carbocycles. The Kier molecular flexibility index (Phi) is 8.08. The minimum Gasteiger partial charge on any atom is -0.452 e. The number of hydrogen-bond acceptors (Lipinski definition) is 6. The number of rotatable bonds is 7. The van der Waals surface area contributed by atoms with Crippen molar-refractivity contribution in [2.24, 2.45) is 10.9 Å². The average Bonchev–Trinajstić information content (AvgIpc) is 3.23. The lowest BCUT2D eigenvalue weighted by atomic mass is 9.89. The Morgan fingerprint density at radius 3 is 2.81 bits per heavy atom. The van der Waals surface area contributed by atoms with Crippen LogP contribution in [0.1, 0.15) is 48.0 Å². The molecule has 146 valence electrons. The lowest BCUT2D eigenvalue weighted by molar-refractivity contribution is -0.124. The number of carbonyl (C=O) groups is 2. The molecule has 7 heteroatoms. The van der Waals surface area contributed by atoms with Gasteiger partial charge in [-0.2, -0.15) is 0 Å². The molecular formula is C20H26N2O3S2. The smallest absolute Gasteiger partial charge is 0.338 e. The van der Waals surface area contributed by atoms with E-state index in [0.29, 0.717) is 23.8 Å². The van der Waals surface area contributed by atoms with Crippen molar-refractivity contribution in [2.45, 2.75) is 37.9 Å². The summed E-state index contributed by atoms with van der Waals surface area (Å²) in [5.41, 5.74) is 1.43. The van der Waals surface area contributed by atoms with Gasteiger partial charge in [-0.15, -0.1) is 0 Å². The molecule has 0 atom stereocenters. The van der Waals surface area contributed by atoms with Crippen molar-refractivity contribution in [3.63, 3.8) is 0 Å². The van der Waals surface area contributed by atoms with Gasteiger partial charge in [-0.1, -0.05) is 61.0 Å². The fraction of sp³-hybridized carbons (Fsp3) is 0.550. The van der Waals surface area contributed by atoms with Gasteiger partial charge in [0.25, 0.3) is 5.91 Å². The molecule has 1 saturated carbocycles. The fourth-order valence-electron chi connectivity index (χ4n) is 3.30. The monoisotopic (exact) mass is 406 g/mol. The Morgan fingerprint density at radius 2 is 2.04 bits per heavy atom. The molecule has 1 N–H and O–H groups in total. The van der Waals surface area contributed by atoms with Gasteiger partial charge < -0.3 is 10.1 Å². The first-order valence-electron chi connectivity index (χ1n) is 9.54. The van der Waals surface area contributed by atoms with Crippen molar-refractivity contribution < 1.29 is 14.3 Å². The number of aliphatic imine (C=N–C) groups is 1. The maximum Gasteiger partial charge on any atom is 0.338 e. The molecule has 27 heavy (non-hydrogen) atoms. The van der Waals surface area contributed by atoms with Gasteiger partial charge in [0.1, 0.15) is 4.38 Å². The molecular weight excluding hydrogens is 380 g/mol. The number of hydrogen-bond donors (Lipinski definition) is 1. The van der Waals surface area contributed by atoms with Crippen LogP contribution in [0.25, 0.3) is 0 Å². The maximum atomic E-state index is 12.4. The van der Waals surface area contributed by atoms with Gasteiger partial charge in [0.05, 0.1) is 12.1 Å². The zero-order chi connectivity index (χ0) is 18.9. The number of ether oxygens (including phenoxy) is 1. The highest BCUT2D eigenvalue weighted by Crippen LogP contribution is 2.26. The molecule has 0 unspecified atom stereocenters. The van der Waals surface area contributed by atoms with E-state index < -0.39 is 5.97 Å². The quantitative estimate of drug-likeness (QED) is 0.696. The van der Waals surface area contributed by atoms with Crippen LogP contribution in [0.2, 0.25) is 0 Å². The molecule has 0 aromatic heterocycles. The molecule has 0 saturated heterocycles. The van der Waals surface area contributed by atoms with Gasteiger partial charge in [0.15, 0.2) is 6.61 Å². The highest BCUT2D eigenvalue weighted by atomic mass is 32.2. The maximum absolute atomic E-state index is 12.4. The molecule has 1 amide bonds. The number of esters is 1. The van der Waals surface area contributed by atoms with E-state index in [9.17, 15) is 9.59 Å². The third kappa shape index (κ3) is 6.57. The minimum atomic E-state index is -0.444. The lowest BCUT2D eigenvalue weighted by Gasteiger charge is -2.21. The van der Waals surface area contributed by atoms with Crippen LogP contribution in [0, 0.1) is 5.92 Å². The third-order valence-corrected chi connectivity index (χ3v) is 7.09. The topological polar surface area (TPSA) is 67.8 Å². The van der Waals surface area contributed by atoms with Crippen molar-refractivity contribution in [1.29, 1.82) is 0 Å². The summed E-state index contributed by atoms with van der Waals surface area (Å²) in [4.78, 5) is 28.8. The molecule has 0 bridgehead atoms. The average molecular weight is 407 g/mol. The molecule has 0 radical (unpaired) electrons. The second kappa shape index (κ2) is 10.8. The summed E-state index contributed by atoms with van der Waals surface area (Å²) in [6, 6.07) is 7.40. The molecule has 1 fully saturated rings. The van der Waals surface area contributed by atoms with E-state index in [1.165, 1.54) is 32.1 Å². The first kappa shape index (κ1) is 20.3. The van der Waals surface area contributed by atoms with Gasteiger partial charge >= 0.3 is 5.97 Å². The van der Waals surface area contributed by atoms with Crippen LogP contribution in [0.3, 0.4) is 0 Å². The molecule has 1 aromatic carbocycles. The molecule has 3 rings (SSSR count). The highest BCUT2D eigenvalue weighted by Gasteiger charge is 2.17. The van der Waals surface area contributed by atoms with Crippen LogP contribution < -0.4 is 5.32 Å². The van der Waals surface area contributed by atoms with Gasteiger partial charge in [-0.25, -0.2) is 4.79 Å². The summed E-state index contributed by atoms with van der Waals surface area (Å²) in [6.07, 6.45) is 6.14. The van der Waals surface area contributed by atoms with Crippen LogP contribution in [0.15, 0.2) is 29.3 Å². The van der Waals surface area contributed by atoms with Crippen molar-refractivity contribution in [3.8, 4) is 0 Å². The molecule has 2 aliphatic rings. The predicted octanol–water partition coefficient (Wildman–Crippen LogP) is 3.88. The number of carbonyl (C=O) groups excluding carboxylic acids is 2. The Bertz CT molecular complexity index is 688. The molecule has 0 spiro atoms. The summed E-state index contributed by atoms with van der Waals surface area (Å²) in [7, 11) is 0. The third-order valence-electron chi connectivity index (χ3n) is 4.79. The number of benzene rings is 1. The molecule has 1 heterocycles. The van der Waals surface area contributed by atoms with Crippen LogP contribution in [-0.4, -0.2) is 41.7 Å². The SMILES string of the molecule is O=C(COC(=O)c1ccccc1CSC1=NCCS1)NCC1CCCCC1. The van der Waals surface area contributed by atoms with Crippen molar-refractivity contribution in [1.82, 2.24) is 5.32 Å². The Balaban J connectivity index is 1.45. The normalized spacial score (nSPS) is 17.4. The van der Waals surface area contributed by atoms with E-state index >= 15 is 0 Å². The van der Waals surface area contributed by atoms with Gasteiger partial charge in [-0.05, 0) is 30.4 Å². The predicted molar refractivity (Wildman–Crippen MR) is 112 cm³/mol. The van der Waals surface area contributed by atoms with Crippen molar-refractivity contribution >= 4 is 39.8 Å². The Hall–Kier alpha value is -1.47. The molecule has 5 nitrogen and oxygen atoms in total. The van der Waals surface area contributed by atoms with E-state index in [0.717, 1.165) is 22.2 Å². The van der Waals surface area contributed by atoms with E-state index in [1.54, 1.807) is 29.6 Å². The Labute approximate surface area is 169 Å². The zero-order valence-electron chi connectivity index (χ0n) is 15.4. The second-order valence-electron chi connectivity index (χ2n) is 6.83. The summed E-state index contributed by atoms with van der Waals surface area (Å²) in [6.45, 7) is 1.33. The zero-order valence-corrected chi connectivity index (χ0v) is 17.1. The van der Waals surface area contributed by atoms with Crippen molar-refractivity contribution in [2.75, 3.05) is 25.4 Å². The highest BCUT2D eigenvalue weighted by molar-refractivity contribution is 8.38. The fourth-order valence-corrected chi connectivity index (χ4v) is 5.31. The summed E-state index contributed by atoms with van der Waals surface area (Å²) < 4.78 is 6.32. The minimum absolute atomic E-state index is 0.225. The van der Waals surface area contributed by atoms with E-state index in [2.05, 4.69) is 10.3 Å². The Morgan fingerprint density at radius 1 is 1.22 bits per heavy atom. The molecule has 1 aromatic rings. The van der Waals surface area contributed by atoms with Crippen LogP contribution in [0.5, 0.6) is 0 Å². The summed E-state index contributed by atoms with van der Waals surface area (Å²) in [5, 5.41) is 2.90. The van der Waals surface area contributed by atoms with Gasteiger partial charge in [-0.3, -0.25) is 9.79 Å². The largest absolute Gasteiger partial charge is 0.452 e. The number of thioether (sulfide) groups is 2. The van der Waals surface area contributed by atoms with E-state index in [4.69, 9.17) is 4.74 Å².